The quantitative estimate of drug-likeness (QED) is 0.141. The van der Waals surface area contributed by atoms with Crippen LogP contribution in [0.15, 0.2) is 54.6 Å². The first-order valence-electron chi connectivity index (χ1n) is 15.8. The minimum Gasteiger partial charge on any atom is -0.279 e. The Morgan fingerprint density at radius 2 is 0.822 bits per heavy atom. The lowest BCUT2D eigenvalue weighted by Crippen LogP contribution is -2.32. The van der Waals surface area contributed by atoms with Gasteiger partial charge in [0.1, 0.15) is 0 Å². The largest absolute Gasteiger partial charge is 0.522 e. The molecule has 3 aromatic carbocycles. The predicted molar refractivity (Wildman–Crippen MR) is 187 cm³/mol. The van der Waals surface area contributed by atoms with Crippen molar-refractivity contribution in [2.75, 3.05) is 0 Å². The van der Waals surface area contributed by atoms with Crippen molar-refractivity contribution in [1.82, 2.24) is 0 Å². The molecule has 250 valence electrons. The van der Waals surface area contributed by atoms with Gasteiger partial charge in [-0.3, -0.25) is 4.55 Å². The van der Waals surface area contributed by atoms with Crippen LogP contribution in [0.4, 0.5) is 13.2 Å². The van der Waals surface area contributed by atoms with E-state index in [2.05, 4.69) is 138 Å². The molecular weight excluding hydrogens is 612 g/mol. The first-order valence-corrected chi connectivity index (χ1v) is 18.6. The van der Waals surface area contributed by atoms with Crippen LogP contribution in [0.2, 0.25) is 0 Å². The topological polar surface area (TPSA) is 54.4 Å². The molecular formula is C37H52F3O3PS. The SMILES string of the molecule is CC(C)c1cc(C(C)C)c(P(c2ccccc2)c2c(C(C)C)cc(C(C)C)cc2C(C)C)c(C(C)C)c1.O=S(=O)(O)C(F)(F)F. The molecule has 0 unspecified atom stereocenters. The summed E-state index contributed by atoms with van der Waals surface area (Å²) >= 11 is 0. The highest BCUT2D eigenvalue weighted by Gasteiger charge is 2.44. The lowest BCUT2D eigenvalue weighted by molar-refractivity contribution is -0.0510. The summed E-state index contributed by atoms with van der Waals surface area (Å²) in [5.74, 6) is 2.93. The monoisotopic (exact) mass is 664 g/mol. The van der Waals surface area contributed by atoms with Gasteiger partial charge in [-0.05, 0) is 92.7 Å². The van der Waals surface area contributed by atoms with Gasteiger partial charge in [0.05, 0.1) is 0 Å². The molecule has 0 spiro atoms. The molecule has 45 heavy (non-hydrogen) atoms. The molecule has 0 aromatic heterocycles. The van der Waals surface area contributed by atoms with Gasteiger partial charge in [0.25, 0.3) is 0 Å². The molecule has 0 radical (unpaired) electrons. The fourth-order valence-electron chi connectivity index (χ4n) is 5.30. The molecule has 0 amide bonds. The van der Waals surface area contributed by atoms with E-state index in [1.165, 1.54) is 16.4 Å². The fraction of sp³-hybridized carbons (Fsp3) is 0.514. The smallest absolute Gasteiger partial charge is 0.279 e. The van der Waals surface area contributed by atoms with Crippen LogP contribution in [0.1, 0.15) is 152 Å². The zero-order chi connectivity index (χ0) is 34.6. The first-order chi connectivity index (χ1) is 20.6. The second-order valence-corrected chi connectivity index (χ2v) is 17.1. The average molecular weight is 665 g/mol. The van der Waals surface area contributed by atoms with Gasteiger partial charge >= 0.3 is 15.6 Å². The Balaban J connectivity index is 0.000000777. The van der Waals surface area contributed by atoms with Crippen molar-refractivity contribution in [3.05, 3.63) is 88.0 Å². The van der Waals surface area contributed by atoms with E-state index in [0.29, 0.717) is 35.5 Å². The highest BCUT2D eigenvalue weighted by Crippen LogP contribution is 2.45. The minimum atomic E-state index is -5.84. The molecule has 0 heterocycles. The highest BCUT2D eigenvalue weighted by atomic mass is 32.2. The number of rotatable bonds is 9. The molecule has 0 fully saturated rings. The van der Waals surface area contributed by atoms with Gasteiger partial charge in [0.2, 0.25) is 0 Å². The van der Waals surface area contributed by atoms with Gasteiger partial charge in [0, 0.05) is 0 Å². The maximum absolute atomic E-state index is 10.7. The molecule has 3 rings (SSSR count). The van der Waals surface area contributed by atoms with E-state index in [-0.39, 0.29) is 0 Å². The van der Waals surface area contributed by atoms with Crippen LogP contribution >= 0.6 is 7.92 Å². The number of hydrogen-bond acceptors (Lipinski definition) is 2. The Labute approximate surface area is 271 Å². The van der Waals surface area contributed by atoms with Crippen molar-refractivity contribution < 1.29 is 26.1 Å². The third-order valence-electron chi connectivity index (χ3n) is 7.96. The van der Waals surface area contributed by atoms with E-state index in [1.807, 2.05) is 0 Å². The predicted octanol–water partition coefficient (Wildman–Crippen LogP) is 10.6. The third-order valence-corrected chi connectivity index (χ3v) is 11.3. The van der Waals surface area contributed by atoms with E-state index in [1.54, 1.807) is 32.9 Å². The summed E-state index contributed by atoms with van der Waals surface area (Å²) in [6.45, 7) is 28.5. The molecule has 0 atom stereocenters. The van der Waals surface area contributed by atoms with E-state index < -0.39 is 23.5 Å². The van der Waals surface area contributed by atoms with Crippen LogP contribution in [0.5, 0.6) is 0 Å². The standard InChI is InChI=1S/C36H51P.CHF3O3S/c1-22(2)28-18-31(24(5)6)35(32(19-28)25(7)8)37(30-16-14-13-15-17-30)36-33(26(9)10)20-29(23(3)4)21-34(36)27(11)12;2-1(3,4)8(5,6)7/h13-27H,1-12H3;(H,5,6,7). The molecule has 8 heteroatoms. The Morgan fingerprint density at radius 3 is 1.02 bits per heavy atom. The van der Waals surface area contributed by atoms with Crippen LogP contribution in [0.3, 0.4) is 0 Å². The number of benzene rings is 3. The minimum absolute atomic E-state index is 0.472. The lowest BCUT2D eigenvalue weighted by Gasteiger charge is -2.34. The van der Waals surface area contributed by atoms with E-state index in [0.717, 1.165) is 0 Å². The van der Waals surface area contributed by atoms with E-state index >= 15 is 0 Å². The fourth-order valence-corrected chi connectivity index (χ4v) is 8.83. The molecule has 3 nitrogen and oxygen atoms in total. The maximum Gasteiger partial charge on any atom is 0.522 e. The van der Waals surface area contributed by atoms with Crippen molar-refractivity contribution >= 4 is 34.0 Å². The van der Waals surface area contributed by atoms with Gasteiger partial charge in [-0.2, -0.15) is 21.6 Å². The number of alkyl halides is 3. The maximum atomic E-state index is 10.7. The van der Waals surface area contributed by atoms with Crippen LogP contribution in [-0.4, -0.2) is 18.5 Å². The molecule has 0 bridgehead atoms. The molecule has 1 N–H and O–H groups in total. The summed E-state index contributed by atoms with van der Waals surface area (Å²) in [6.07, 6.45) is 0. The van der Waals surface area contributed by atoms with Crippen molar-refractivity contribution in [3.8, 4) is 0 Å². The molecule has 3 aromatic rings. The Hall–Kier alpha value is -2.21. The van der Waals surface area contributed by atoms with Gasteiger partial charge in [-0.1, -0.05) is 138 Å². The third kappa shape index (κ3) is 9.65. The van der Waals surface area contributed by atoms with Crippen molar-refractivity contribution in [2.45, 2.75) is 124 Å². The second-order valence-electron chi connectivity index (χ2n) is 13.6. The normalized spacial score (nSPS) is 12.7. The van der Waals surface area contributed by atoms with Crippen LogP contribution in [0, 0.1) is 0 Å². The van der Waals surface area contributed by atoms with Crippen LogP contribution < -0.4 is 15.9 Å². The molecule has 0 saturated heterocycles. The van der Waals surface area contributed by atoms with Gasteiger partial charge in [-0.25, -0.2) is 0 Å². The summed E-state index contributed by atoms with van der Waals surface area (Å²) in [6, 6.07) is 21.6. The summed E-state index contributed by atoms with van der Waals surface area (Å²) in [5.41, 5.74) is 3.59. The van der Waals surface area contributed by atoms with Crippen LogP contribution in [-0.2, 0) is 10.1 Å². The Morgan fingerprint density at radius 1 is 0.556 bits per heavy atom. The Bertz CT molecular complexity index is 1390. The molecule has 0 saturated carbocycles. The zero-order valence-electron chi connectivity index (χ0n) is 28.9. The Kier molecular flexibility index (Phi) is 13.5. The zero-order valence-corrected chi connectivity index (χ0v) is 30.6. The first kappa shape index (κ1) is 39.0. The van der Waals surface area contributed by atoms with Crippen molar-refractivity contribution in [2.24, 2.45) is 0 Å². The average Bonchev–Trinajstić information content (AvgIpc) is 2.92. The summed E-state index contributed by atoms with van der Waals surface area (Å²) < 4.78 is 57.5. The number of halogens is 3. The number of hydrogen-bond donors (Lipinski definition) is 1. The second kappa shape index (κ2) is 15.6. The molecule has 0 aliphatic carbocycles. The summed E-state index contributed by atoms with van der Waals surface area (Å²) in [7, 11) is -6.56. The summed E-state index contributed by atoms with van der Waals surface area (Å²) in [4.78, 5) is 0. The lowest BCUT2D eigenvalue weighted by atomic mass is 9.89. The van der Waals surface area contributed by atoms with Crippen molar-refractivity contribution in [3.63, 3.8) is 0 Å². The van der Waals surface area contributed by atoms with Gasteiger partial charge in [0.15, 0.2) is 0 Å². The van der Waals surface area contributed by atoms with E-state index in [9.17, 15) is 13.2 Å². The summed E-state index contributed by atoms with van der Waals surface area (Å²) in [5, 5.41) is 4.69. The molecule has 0 aliphatic rings. The van der Waals surface area contributed by atoms with E-state index in [4.69, 9.17) is 13.0 Å². The highest BCUT2D eigenvalue weighted by molar-refractivity contribution is 7.86. The molecule has 0 aliphatic heterocycles. The van der Waals surface area contributed by atoms with Gasteiger partial charge in [-0.15, -0.1) is 0 Å². The van der Waals surface area contributed by atoms with Gasteiger partial charge < -0.3 is 0 Å². The van der Waals surface area contributed by atoms with Crippen LogP contribution in [0.25, 0.3) is 0 Å². The van der Waals surface area contributed by atoms with Crippen molar-refractivity contribution in [1.29, 1.82) is 0 Å².